The maximum Gasteiger partial charge on any atom is 0.251 e. The van der Waals surface area contributed by atoms with E-state index < -0.39 is 17.5 Å². The monoisotopic (exact) mass is 330 g/mol. The van der Waals surface area contributed by atoms with Crippen LogP contribution in [0.3, 0.4) is 0 Å². The van der Waals surface area contributed by atoms with Crippen molar-refractivity contribution in [2.24, 2.45) is 0 Å². The van der Waals surface area contributed by atoms with Crippen molar-refractivity contribution in [3.63, 3.8) is 0 Å². The molecule has 1 N–H and O–H groups in total. The lowest BCUT2D eigenvalue weighted by Gasteiger charge is -2.33. The molecule has 3 rings (SSSR count). The molecule has 1 atom stereocenters. The van der Waals surface area contributed by atoms with Crippen molar-refractivity contribution in [3.05, 3.63) is 70.8 Å². The van der Waals surface area contributed by atoms with E-state index in [0.717, 1.165) is 37.7 Å². The van der Waals surface area contributed by atoms with Gasteiger partial charge >= 0.3 is 0 Å². The van der Waals surface area contributed by atoms with Crippen LogP contribution in [0.4, 0.5) is 8.78 Å². The topological polar surface area (TPSA) is 32.3 Å². The Morgan fingerprint density at radius 1 is 1.17 bits per heavy atom. The van der Waals surface area contributed by atoms with Crippen molar-refractivity contribution in [1.29, 1.82) is 0 Å². The van der Waals surface area contributed by atoms with Gasteiger partial charge in [0.05, 0.1) is 0 Å². The van der Waals surface area contributed by atoms with Crippen LogP contribution in [0, 0.1) is 11.6 Å². The smallest absolute Gasteiger partial charge is 0.251 e. The first-order valence-corrected chi connectivity index (χ1v) is 8.08. The Labute approximate surface area is 140 Å². The highest BCUT2D eigenvalue weighted by Crippen LogP contribution is 2.20. The second kappa shape index (κ2) is 7.09. The molecule has 24 heavy (non-hydrogen) atoms. The third kappa shape index (κ3) is 3.79. The summed E-state index contributed by atoms with van der Waals surface area (Å²) in [4.78, 5) is 14.4. The second-order valence-electron chi connectivity index (χ2n) is 6.21. The summed E-state index contributed by atoms with van der Waals surface area (Å²) in [5.74, 6) is -1.96. The lowest BCUT2D eigenvalue weighted by Crippen LogP contribution is -2.44. The van der Waals surface area contributed by atoms with Gasteiger partial charge in [0.15, 0.2) is 0 Å². The van der Waals surface area contributed by atoms with Gasteiger partial charge in [-0.15, -0.1) is 0 Å². The van der Waals surface area contributed by atoms with Gasteiger partial charge in [0, 0.05) is 37.3 Å². The largest absolute Gasteiger partial charge is 0.350 e. The summed E-state index contributed by atoms with van der Waals surface area (Å²) < 4.78 is 26.4. The highest BCUT2D eigenvalue weighted by molar-refractivity contribution is 5.94. The summed E-state index contributed by atoms with van der Waals surface area (Å²) in [6.07, 6.45) is 0.990. The fourth-order valence-electron chi connectivity index (χ4n) is 3.05. The predicted molar refractivity (Wildman–Crippen MR) is 88.7 cm³/mol. The zero-order valence-electron chi connectivity index (χ0n) is 13.6. The Bertz CT molecular complexity index is 728. The van der Waals surface area contributed by atoms with Gasteiger partial charge in [0.2, 0.25) is 0 Å². The normalized spacial score (nSPS) is 15.6. The number of fused-ring (bicyclic) bond motifs is 1. The van der Waals surface area contributed by atoms with E-state index in [1.54, 1.807) is 0 Å². The van der Waals surface area contributed by atoms with E-state index in [1.165, 1.54) is 11.1 Å². The van der Waals surface area contributed by atoms with Crippen molar-refractivity contribution in [1.82, 2.24) is 10.2 Å². The summed E-state index contributed by atoms with van der Waals surface area (Å²) in [5.41, 5.74) is 2.69. The van der Waals surface area contributed by atoms with Gasteiger partial charge < -0.3 is 5.32 Å². The molecular weight excluding hydrogens is 310 g/mol. The molecule has 2 aromatic carbocycles. The van der Waals surface area contributed by atoms with E-state index in [1.807, 2.05) is 13.0 Å². The van der Waals surface area contributed by atoms with Gasteiger partial charge in [-0.1, -0.05) is 24.3 Å². The molecule has 1 aliphatic heterocycles. The zero-order chi connectivity index (χ0) is 17.1. The molecule has 0 aromatic heterocycles. The van der Waals surface area contributed by atoms with Crippen LogP contribution in [0.1, 0.15) is 28.4 Å². The van der Waals surface area contributed by atoms with Crippen molar-refractivity contribution in [3.8, 4) is 0 Å². The molecule has 0 spiro atoms. The predicted octanol–water partition coefficient (Wildman–Crippen LogP) is 3.14. The third-order valence-electron chi connectivity index (χ3n) is 4.47. The SMILES string of the molecule is CC(CNC(=O)c1cc(F)cc(F)c1)N1CCc2ccccc2C1. The molecular formula is C19H20F2N2O. The van der Waals surface area contributed by atoms with E-state index in [0.29, 0.717) is 6.54 Å². The highest BCUT2D eigenvalue weighted by atomic mass is 19.1. The van der Waals surface area contributed by atoms with Crippen LogP contribution in [0.5, 0.6) is 0 Å². The molecule has 1 unspecified atom stereocenters. The van der Waals surface area contributed by atoms with Crippen LogP contribution in [-0.4, -0.2) is 29.9 Å². The van der Waals surface area contributed by atoms with Crippen molar-refractivity contribution >= 4 is 5.91 Å². The molecule has 0 saturated heterocycles. The van der Waals surface area contributed by atoms with Crippen LogP contribution in [-0.2, 0) is 13.0 Å². The average molecular weight is 330 g/mol. The molecule has 1 amide bonds. The quantitative estimate of drug-likeness (QED) is 0.934. The number of hydrogen-bond acceptors (Lipinski definition) is 2. The number of amides is 1. The molecule has 0 bridgehead atoms. The first-order chi connectivity index (χ1) is 11.5. The minimum Gasteiger partial charge on any atom is -0.350 e. The van der Waals surface area contributed by atoms with Gasteiger partial charge in [-0.3, -0.25) is 9.69 Å². The van der Waals surface area contributed by atoms with Gasteiger partial charge in [-0.05, 0) is 36.6 Å². The Kier molecular flexibility index (Phi) is 4.90. The maximum absolute atomic E-state index is 13.2. The number of carbonyl (C=O) groups excluding carboxylic acids is 1. The van der Waals surface area contributed by atoms with Gasteiger partial charge in [0.1, 0.15) is 11.6 Å². The Morgan fingerprint density at radius 3 is 2.54 bits per heavy atom. The third-order valence-corrected chi connectivity index (χ3v) is 4.47. The van der Waals surface area contributed by atoms with E-state index in [9.17, 15) is 13.6 Å². The number of halogens is 2. The summed E-state index contributed by atoms with van der Waals surface area (Å²) in [6.45, 7) is 4.25. The zero-order valence-corrected chi connectivity index (χ0v) is 13.6. The highest BCUT2D eigenvalue weighted by Gasteiger charge is 2.21. The fraction of sp³-hybridized carbons (Fsp3) is 0.316. The minimum atomic E-state index is -0.749. The number of carbonyl (C=O) groups is 1. The number of nitrogens with zero attached hydrogens (tertiary/aromatic N) is 1. The van der Waals surface area contributed by atoms with E-state index in [4.69, 9.17) is 0 Å². The maximum atomic E-state index is 13.2. The molecule has 3 nitrogen and oxygen atoms in total. The van der Waals surface area contributed by atoms with Crippen molar-refractivity contribution in [2.75, 3.05) is 13.1 Å². The lowest BCUT2D eigenvalue weighted by atomic mass is 9.99. The van der Waals surface area contributed by atoms with E-state index in [-0.39, 0.29) is 11.6 Å². The molecule has 1 heterocycles. The van der Waals surface area contributed by atoms with Crippen LogP contribution < -0.4 is 5.32 Å². The van der Waals surface area contributed by atoms with Gasteiger partial charge in [-0.25, -0.2) is 8.78 Å². The molecule has 0 radical (unpaired) electrons. The lowest BCUT2D eigenvalue weighted by molar-refractivity contribution is 0.0931. The van der Waals surface area contributed by atoms with Crippen LogP contribution in [0.2, 0.25) is 0 Å². The van der Waals surface area contributed by atoms with Crippen molar-refractivity contribution in [2.45, 2.75) is 25.9 Å². The number of rotatable bonds is 4. The van der Waals surface area contributed by atoms with Gasteiger partial charge in [0.25, 0.3) is 5.91 Å². The first-order valence-electron chi connectivity index (χ1n) is 8.08. The number of benzene rings is 2. The summed E-state index contributed by atoms with van der Waals surface area (Å²) in [6, 6.07) is 11.3. The summed E-state index contributed by atoms with van der Waals surface area (Å²) in [5, 5.41) is 2.76. The van der Waals surface area contributed by atoms with Crippen LogP contribution in [0.15, 0.2) is 42.5 Å². The fourth-order valence-corrected chi connectivity index (χ4v) is 3.05. The summed E-state index contributed by atoms with van der Waals surface area (Å²) in [7, 11) is 0. The summed E-state index contributed by atoms with van der Waals surface area (Å²) >= 11 is 0. The number of nitrogens with one attached hydrogen (secondary N) is 1. The molecule has 1 aliphatic rings. The van der Waals surface area contributed by atoms with Crippen LogP contribution >= 0.6 is 0 Å². The Hall–Kier alpha value is -2.27. The van der Waals surface area contributed by atoms with E-state index >= 15 is 0 Å². The Balaban J connectivity index is 1.58. The van der Waals surface area contributed by atoms with Crippen molar-refractivity contribution < 1.29 is 13.6 Å². The number of hydrogen-bond donors (Lipinski definition) is 1. The van der Waals surface area contributed by atoms with E-state index in [2.05, 4.69) is 28.4 Å². The molecule has 0 aliphatic carbocycles. The molecule has 2 aromatic rings. The molecule has 5 heteroatoms. The Morgan fingerprint density at radius 2 is 1.83 bits per heavy atom. The van der Waals surface area contributed by atoms with Crippen LogP contribution in [0.25, 0.3) is 0 Å². The molecule has 0 fully saturated rings. The minimum absolute atomic E-state index is 0.00342. The van der Waals surface area contributed by atoms with Gasteiger partial charge in [-0.2, -0.15) is 0 Å². The second-order valence-corrected chi connectivity index (χ2v) is 6.21. The first kappa shape index (κ1) is 16.6. The average Bonchev–Trinajstić information content (AvgIpc) is 2.58. The molecule has 126 valence electrons. The standard InChI is InChI=1S/C19H20F2N2O/c1-13(23-7-6-14-4-2-3-5-15(14)12-23)11-22-19(24)16-8-17(20)10-18(21)9-16/h2-5,8-10,13H,6-7,11-12H2,1H3,(H,22,24). The molecule has 0 saturated carbocycles.